The molecule has 1 aliphatic rings. The summed E-state index contributed by atoms with van der Waals surface area (Å²) in [5.74, 6) is -1.71. The van der Waals surface area contributed by atoms with Gasteiger partial charge in [-0.25, -0.2) is 13.8 Å². The molecule has 0 radical (unpaired) electrons. The highest BCUT2D eigenvalue weighted by molar-refractivity contribution is 8.15. The standard InChI is InChI=1S/C23H24F2N6O2S/c1-15(33-2)21(32)31-23(16-7-4-3-5-8-16,11-6-12-28-22(27)29-14-26)34-20(30-31)18-13-17(24)9-10-19(18)25/h3-5,7-10,13,15H,6,11-12H2,1-2H3,(H3,27,28,29). The predicted molar refractivity (Wildman–Crippen MR) is 126 cm³/mol. The van der Waals surface area contributed by atoms with Crippen LogP contribution in [0.4, 0.5) is 8.78 Å². The van der Waals surface area contributed by atoms with Gasteiger partial charge in [-0.05, 0) is 43.5 Å². The lowest BCUT2D eigenvalue weighted by Crippen LogP contribution is -2.46. The molecule has 0 fully saturated rings. The summed E-state index contributed by atoms with van der Waals surface area (Å²) in [6.07, 6.45) is 1.65. The van der Waals surface area contributed by atoms with E-state index in [0.717, 1.165) is 23.8 Å². The first kappa shape index (κ1) is 25.1. The Morgan fingerprint density at radius 1 is 1.35 bits per heavy atom. The van der Waals surface area contributed by atoms with Crippen LogP contribution in [0, 0.1) is 23.1 Å². The molecule has 2 aromatic carbocycles. The topological polar surface area (TPSA) is 116 Å². The summed E-state index contributed by atoms with van der Waals surface area (Å²) in [6, 6.07) is 12.3. The van der Waals surface area contributed by atoms with Crippen molar-refractivity contribution >= 4 is 28.7 Å². The fourth-order valence-electron chi connectivity index (χ4n) is 3.48. The summed E-state index contributed by atoms with van der Waals surface area (Å²) >= 11 is 1.17. The quantitative estimate of drug-likeness (QED) is 0.256. The monoisotopic (exact) mass is 486 g/mol. The van der Waals surface area contributed by atoms with Crippen molar-refractivity contribution in [2.45, 2.75) is 30.7 Å². The molecule has 3 N–H and O–H groups in total. The van der Waals surface area contributed by atoms with Gasteiger partial charge in [-0.15, -0.1) is 4.99 Å². The SMILES string of the molecule is COC(C)C(=O)N1N=C(c2cc(F)ccc2F)SC1(CCCNC(N)=NC#N)c1ccccc1. The summed E-state index contributed by atoms with van der Waals surface area (Å²) in [5.41, 5.74) is 6.34. The Balaban J connectivity index is 2.04. The van der Waals surface area contributed by atoms with Crippen molar-refractivity contribution < 1.29 is 18.3 Å². The number of benzene rings is 2. The second-order valence-corrected chi connectivity index (χ2v) is 8.70. The number of nitrogens with two attached hydrogens (primary N) is 1. The van der Waals surface area contributed by atoms with Crippen molar-refractivity contribution in [3.05, 3.63) is 71.3 Å². The van der Waals surface area contributed by atoms with Crippen molar-refractivity contribution in [2.75, 3.05) is 13.7 Å². The largest absolute Gasteiger partial charge is 0.372 e. The molecule has 0 bridgehead atoms. The molecule has 2 aromatic rings. The van der Waals surface area contributed by atoms with Gasteiger partial charge < -0.3 is 15.8 Å². The van der Waals surface area contributed by atoms with E-state index >= 15 is 0 Å². The second kappa shape index (κ2) is 11.1. The first-order valence-electron chi connectivity index (χ1n) is 10.4. The Hall–Kier alpha value is -3.49. The lowest BCUT2D eigenvalue weighted by molar-refractivity contribution is -0.144. The van der Waals surface area contributed by atoms with Crippen LogP contribution in [0.15, 0.2) is 58.6 Å². The van der Waals surface area contributed by atoms with Crippen LogP contribution in [0.1, 0.15) is 30.9 Å². The van der Waals surface area contributed by atoms with Gasteiger partial charge in [-0.2, -0.15) is 10.4 Å². The smallest absolute Gasteiger partial charge is 0.273 e. The number of ether oxygens (including phenoxy) is 1. The van der Waals surface area contributed by atoms with E-state index < -0.39 is 28.5 Å². The molecule has 0 saturated heterocycles. The fraction of sp³-hybridized carbons (Fsp3) is 0.304. The fourth-order valence-corrected chi connectivity index (χ4v) is 4.91. The number of halogens is 2. The van der Waals surface area contributed by atoms with Gasteiger partial charge in [0.15, 0.2) is 0 Å². The number of nitrogens with zero attached hydrogens (tertiary/aromatic N) is 4. The number of carbonyl (C=O) groups excluding carboxylic acids is 1. The number of nitriles is 1. The maximum atomic E-state index is 14.6. The molecule has 0 spiro atoms. The summed E-state index contributed by atoms with van der Waals surface area (Å²) in [4.78, 5) is 15.7. The van der Waals surface area contributed by atoms with Gasteiger partial charge in [0.05, 0.1) is 0 Å². The minimum atomic E-state index is -1.05. The lowest BCUT2D eigenvalue weighted by Gasteiger charge is -2.37. The van der Waals surface area contributed by atoms with Gasteiger partial charge in [0.25, 0.3) is 5.91 Å². The minimum Gasteiger partial charge on any atom is -0.372 e. The maximum absolute atomic E-state index is 14.6. The third kappa shape index (κ3) is 5.35. The zero-order chi connectivity index (χ0) is 24.7. The average Bonchev–Trinajstić information content (AvgIpc) is 3.23. The van der Waals surface area contributed by atoms with Gasteiger partial charge >= 0.3 is 0 Å². The van der Waals surface area contributed by atoms with E-state index in [1.54, 1.807) is 13.1 Å². The van der Waals surface area contributed by atoms with Crippen LogP contribution in [-0.2, 0) is 14.4 Å². The minimum absolute atomic E-state index is 0.0185. The number of hydrazone groups is 1. The molecule has 2 unspecified atom stereocenters. The Labute approximate surface area is 200 Å². The van der Waals surface area contributed by atoms with Crippen LogP contribution in [0.3, 0.4) is 0 Å². The zero-order valence-electron chi connectivity index (χ0n) is 18.7. The molecule has 1 aliphatic heterocycles. The first-order valence-corrected chi connectivity index (χ1v) is 11.3. The number of nitrogens with one attached hydrogen (secondary N) is 1. The number of carbonyl (C=O) groups is 1. The number of amides is 1. The van der Waals surface area contributed by atoms with Gasteiger partial charge in [-0.1, -0.05) is 42.1 Å². The molecule has 0 saturated carbocycles. The highest BCUT2D eigenvalue weighted by atomic mass is 32.2. The third-order valence-electron chi connectivity index (χ3n) is 5.26. The highest BCUT2D eigenvalue weighted by Crippen LogP contribution is 2.50. The van der Waals surface area contributed by atoms with E-state index in [-0.39, 0.29) is 16.6 Å². The number of thioether (sulfide) groups is 1. The lowest BCUT2D eigenvalue weighted by atomic mass is 9.99. The molecule has 0 aromatic heterocycles. The number of hydrogen-bond donors (Lipinski definition) is 2. The molecule has 8 nitrogen and oxygen atoms in total. The van der Waals surface area contributed by atoms with E-state index in [1.807, 2.05) is 30.3 Å². The van der Waals surface area contributed by atoms with E-state index in [2.05, 4.69) is 15.4 Å². The zero-order valence-corrected chi connectivity index (χ0v) is 19.5. The second-order valence-electron chi connectivity index (χ2n) is 7.44. The van der Waals surface area contributed by atoms with Crippen LogP contribution in [0.25, 0.3) is 0 Å². The van der Waals surface area contributed by atoms with Crippen LogP contribution < -0.4 is 11.1 Å². The highest BCUT2D eigenvalue weighted by Gasteiger charge is 2.49. The molecule has 1 heterocycles. The summed E-state index contributed by atoms with van der Waals surface area (Å²) in [6.45, 7) is 1.96. The van der Waals surface area contributed by atoms with Gasteiger partial charge in [0.2, 0.25) is 12.2 Å². The van der Waals surface area contributed by atoms with Crippen molar-refractivity contribution in [3.63, 3.8) is 0 Å². The van der Waals surface area contributed by atoms with Crippen LogP contribution in [-0.4, -0.2) is 41.7 Å². The van der Waals surface area contributed by atoms with Crippen LogP contribution >= 0.6 is 11.8 Å². The third-order valence-corrected chi connectivity index (χ3v) is 6.71. The summed E-state index contributed by atoms with van der Waals surface area (Å²) in [7, 11) is 1.41. The van der Waals surface area contributed by atoms with Crippen LogP contribution in [0.5, 0.6) is 0 Å². The van der Waals surface area contributed by atoms with Crippen molar-refractivity contribution in [3.8, 4) is 6.19 Å². The van der Waals surface area contributed by atoms with E-state index in [0.29, 0.717) is 19.4 Å². The molecular weight excluding hydrogens is 462 g/mol. The van der Waals surface area contributed by atoms with Crippen LogP contribution in [0.2, 0.25) is 0 Å². The summed E-state index contributed by atoms with van der Waals surface area (Å²) in [5, 5.41) is 17.4. The normalized spacial score (nSPS) is 18.9. The first-order chi connectivity index (χ1) is 16.3. The maximum Gasteiger partial charge on any atom is 0.273 e. The number of hydrogen-bond acceptors (Lipinski definition) is 6. The number of aliphatic imine (C=N–C) groups is 1. The van der Waals surface area contributed by atoms with Gasteiger partial charge in [0, 0.05) is 19.2 Å². The van der Waals surface area contributed by atoms with E-state index in [9.17, 15) is 13.6 Å². The average molecular weight is 487 g/mol. The summed E-state index contributed by atoms with van der Waals surface area (Å²) < 4.78 is 33.8. The number of rotatable bonds is 8. The number of methoxy groups -OCH3 is 1. The Kier molecular flexibility index (Phi) is 8.20. The Bertz CT molecular complexity index is 1140. The molecule has 178 valence electrons. The molecule has 0 aliphatic carbocycles. The van der Waals surface area contributed by atoms with E-state index in [1.165, 1.54) is 23.9 Å². The van der Waals surface area contributed by atoms with Crippen molar-refractivity contribution in [2.24, 2.45) is 15.8 Å². The van der Waals surface area contributed by atoms with Crippen molar-refractivity contribution in [1.82, 2.24) is 10.3 Å². The van der Waals surface area contributed by atoms with Gasteiger partial charge in [-0.3, -0.25) is 4.79 Å². The molecule has 1 amide bonds. The predicted octanol–water partition coefficient (Wildman–Crippen LogP) is 3.26. The van der Waals surface area contributed by atoms with Gasteiger partial charge in [0.1, 0.15) is 27.7 Å². The van der Waals surface area contributed by atoms with Crippen molar-refractivity contribution in [1.29, 1.82) is 5.26 Å². The number of guanidine groups is 1. The molecule has 11 heteroatoms. The molecule has 2 atom stereocenters. The molecule has 34 heavy (non-hydrogen) atoms. The Morgan fingerprint density at radius 2 is 2.09 bits per heavy atom. The molecule has 3 rings (SSSR count). The Morgan fingerprint density at radius 3 is 2.76 bits per heavy atom. The van der Waals surface area contributed by atoms with E-state index in [4.69, 9.17) is 15.7 Å². The molecular formula is C23H24F2N6O2S.